The number of halogens is 1. The number of aromatic hydroxyl groups is 1. The molecular weight excluding hydrogens is 244 g/mol. The summed E-state index contributed by atoms with van der Waals surface area (Å²) in [5, 5.41) is 9.35. The van der Waals surface area contributed by atoms with Gasteiger partial charge in [-0.05, 0) is 35.0 Å². The highest BCUT2D eigenvalue weighted by Gasteiger charge is 2.04. The molecule has 0 spiro atoms. The fourth-order valence-corrected chi connectivity index (χ4v) is 1.33. The van der Waals surface area contributed by atoms with Crippen LogP contribution in [-0.4, -0.2) is 11.7 Å². The molecule has 3 heteroatoms. The Hall–Kier alpha value is -1.14. The SMILES string of the molecule is CC#CCCOc1cccc(O)c1Br. The van der Waals surface area contributed by atoms with Crippen molar-refractivity contribution in [1.29, 1.82) is 0 Å². The average Bonchev–Trinajstić information content (AvgIpc) is 2.19. The van der Waals surface area contributed by atoms with E-state index in [1.807, 2.05) is 0 Å². The number of rotatable bonds is 3. The Bertz CT molecular complexity index is 363. The van der Waals surface area contributed by atoms with Gasteiger partial charge < -0.3 is 9.84 Å². The highest BCUT2D eigenvalue weighted by molar-refractivity contribution is 9.10. The number of ether oxygens (including phenoxy) is 1. The Balaban J connectivity index is 2.57. The van der Waals surface area contributed by atoms with Crippen LogP contribution in [0.2, 0.25) is 0 Å². The van der Waals surface area contributed by atoms with Crippen LogP contribution in [0, 0.1) is 11.8 Å². The molecule has 1 N–H and O–H groups in total. The zero-order valence-electron chi connectivity index (χ0n) is 7.88. The van der Waals surface area contributed by atoms with Gasteiger partial charge in [0.25, 0.3) is 0 Å². The normalized spacial score (nSPS) is 9.00. The first-order chi connectivity index (χ1) is 6.75. The van der Waals surface area contributed by atoms with Crippen molar-refractivity contribution in [3.63, 3.8) is 0 Å². The summed E-state index contributed by atoms with van der Waals surface area (Å²) < 4.78 is 6.00. The molecule has 0 heterocycles. The third kappa shape index (κ3) is 2.97. The minimum absolute atomic E-state index is 0.184. The highest BCUT2D eigenvalue weighted by Crippen LogP contribution is 2.32. The van der Waals surface area contributed by atoms with Crippen LogP contribution in [0.4, 0.5) is 0 Å². The number of phenolic OH excluding ortho intramolecular Hbond substituents is 1. The Morgan fingerprint density at radius 1 is 1.50 bits per heavy atom. The lowest BCUT2D eigenvalue weighted by atomic mass is 10.3. The van der Waals surface area contributed by atoms with Crippen LogP contribution < -0.4 is 4.74 Å². The van der Waals surface area contributed by atoms with Crippen LogP contribution >= 0.6 is 15.9 Å². The fourth-order valence-electron chi connectivity index (χ4n) is 0.948. The highest BCUT2D eigenvalue weighted by atomic mass is 79.9. The van der Waals surface area contributed by atoms with Crippen molar-refractivity contribution >= 4 is 15.9 Å². The first kappa shape index (κ1) is 10.9. The predicted octanol–water partition coefficient (Wildman–Crippen LogP) is 2.95. The quantitative estimate of drug-likeness (QED) is 0.664. The molecule has 0 bridgehead atoms. The van der Waals surface area contributed by atoms with Crippen molar-refractivity contribution in [2.75, 3.05) is 6.61 Å². The van der Waals surface area contributed by atoms with Crippen molar-refractivity contribution in [3.8, 4) is 23.3 Å². The third-order valence-electron chi connectivity index (χ3n) is 1.60. The molecule has 0 amide bonds. The Labute approximate surface area is 92.0 Å². The first-order valence-corrected chi connectivity index (χ1v) is 5.05. The van der Waals surface area contributed by atoms with Crippen molar-refractivity contribution in [1.82, 2.24) is 0 Å². The van der Waals surface area contributed by atoms with Gasteiger partial charge in [0.15, 0.2) is 0 Å². The van der Waals surface area contributed by atoms with Crippen LogP contribution in [0.15, 0.2) is 22.7 Å². The molecule has 74 valence electrons. The van der Waals surface area contributed by atoms with Crippen LogP contribution in [0.25, 0.3) is 0 Å². The summed E-state index contributed by atoms with van der Waals surface area (Å²) in [4.78, 5) is 0. The summed E-state index contributed by atoms with van der Waals surface area (Å²) >= 11 is 3.24. The van der Waals surface area contributed by atoms with Gasteiger partial charge in [0.1, 0.15) is 16.0 Å². The predicted molar refractivity (Wildman–Crippen MR) is 59.4 cm³/mol. The monoisotopic (exact) mass is 254 g/mol. The lowest BCUT2D eigenvalue weighted by molar-refractivity contribution is 0.322. The standard InChI is InChI=1S/C11H11BrO2/c1-2-3-4-8-14-10-7-5-6-9(13)11(10)12/h5-7,13H,4,8H2,1H3. The second kappa shape index (κ2) is 5.56. The van der Waals surface area contributed by atoms with Gasteiger partial charge in [0.05, 0.1) is 6.61 Å². The average molecular weight is 255 g/mol. The van der Waals surface area contributed by atoms with Gasteiger partial charge >= 0.3 is 0 Å². The van der Waals surface area contributed by atoms with Gasteiger partial charge in [-0.1, -0.05) is 6.07 Å². The summed E-state index contributed by atoms with van der Waals surface area (Å²) in [6.07, 6.45) is 0.693. The zero-order chi connectivity index (χ0) is 10.4. The molecule has 2 nitrogen and oxygen atoms in total. The molecule has 1 rings (SSSR count). The van der Waals surface area contributed by atoms with Crippen molar-refractivity contribution < 1.29 is 9.84 Å². The van der Waals surface area contributed by atoms with Crippen LogP contribution in [0.1, 0.15) is 13.3 Å². The summed E-state index contributed by atoms with van der Waals surface area (Å²) in [5.41, 5.74) is 0. The van der Waals surface area contributed by atoms with Gasteiger partial charge in [0.2, 0.25) is 0 Å². The van der Waals surface area contributed by atoms with Crippen molar-refractivity contribution in [2.45, 2.75) is 13.3 Å². The van der Waals surface area contributed by atoms with Crippen LogP contribution in [0.5, 0.6) is 11.5 Å². The number of hydrogen-bond donors (Lipinski definition) is 1. The first-order valence-electron chi connectivity index (χ1n) is 4.25. The van der Waals surface area contributed by atoms with E-state index >= 15 is 0 Å². The maximum atomic E-state index is 9.35. The van der Waals surface area contributed by atoms with E-state index in [1.54, 1.807) is 25.1 Å². The van der Waals surface area contributed by atoms with E-state index in [2.05, 4.69) is 27.8 Å². The van der Waals surface area contributed by atoms with E-state index in [1.165, 1.54) is 0 Å². The Morgan fingerprint density at radius 2 is 2.29 bits per heavy atom. The van der Waals surface area contributed by atoms with Gasteiger partial charge in [-0.2, -0.15) is 0 Å². The molecule has 0 aliphatic heterocycles. The zero-order valence-corrected chi connectivity index (χ0v) is 9.47. The Kier molecular flexibility index (Phi) is 4.34. The molecule has 0 aliphatic carbocycles. The van der Waals surface area contributed by atoms with E-state index in [0.29, 0.717) is 23.2 Å². The number of hydrogen-bond acceptors (Lipinski definition) is 2. The van der Waals surface area contributed by atoms with E-state index in [4.69, 9.17) is 4.74 Å². The second-order valence-electron chi connectivity index (χ2n) is 2.61. The van der Waals surface area contributed by atoms with Crippen LogP contribution in [-0.2, 0) is 0 Å². The molecule has 0 radical (unpaired) electrons. The van der Waals surface area contributed by atoms with Gasteiger partial charge in [0, 0.05) is 6.42 Å². The molecule has 1 aromatic rings. The van der Waals surface area contributed by atoms with Crippen molar-refractivity contribution in [3.05, 3.63) is 22.7 Å². The van der Waals surface area contributed by atoms with E-state index in [0.717, 1.165) is 0 Å². The molecule has 0 aromatic heterocycles. The second-order valence-corrected chi connectivity index (χ2v) is 3.41. The lowest BCUT2D eigenvalue weighted by Crippen LogP contribution is -1.96. The summed E-state index contributed by atoms with van der Waals surface area (Å²) in [6.45, 7) is 2.33. The molecule has 0 saturated carbocycles. The van der Waals surface area contributed by atoms with Gasteiger partial charge in [-0.15, -0.1) is 11.8 Å². The third-order valence-corrected chi connectivity index (χ3v) is 2.40. The summed E-state index contributed by atoms with van der Waals surface area (Å²) in [6, 6.07) is 5.13. The molecule has 0 aliphatic rings. The molecule has 0 unspecified atom stereocenters. The van der Waals surface area contributed by atoms with E-state index in [-0.39, 0.29) is 5.75 Å². The molecule has 14 heavy (non-hydrogen) atoms. The minimum atomic E-state index is 0.184. The van der Waals surface area contributed by atoms with Crippen molar-refractivity contribution in [2.24, 2.45) is 0 Å². The van der Waals surface area contributed by atoms with E-state index in [9.17, 15) is 5.11 Å². The molecule has 0 saturated heterocycles. The molecular formula is C11H11BrO2. The summed E-state index contributed by atoms with van der Waals surface area (Å²) in [5.74, 6) is 6.51. The molecule has 0 atom stereocenters. The fraction of sp³-hybridized carbons (Fsp3) is 0.273. The van der Waals surface area contributed by atoms with Gasteiger partial charge in [-0.25, -0.2) is 0 Å². The number of phenols is 1. The molecule has 0 fully saturated rings. The van der Waals surface area contributed by atoms with Crippen LogP contribution in [0.3, 0.4) is 0 Å². The maximum absolute atomic E-state index is 9.35. The summed E-state index contributed by atoms with van der Waals surface area (Å²) in [7, 11) is 0. The topological polar surface area (TPSA) is 29.5 Å². The lowest BCUT2D eigenvalue weighted by Gasteiger charge is -2.06. The largest absolute Gasteiger partial charge is 0.507 e. The van der Waals surface area contributed by atoms with Gasteiger partial charge in [-0.3, -0.25) is 0 Å². The molecule has 1 aromatic carbocycles. The maximum Gasteiger partial charge on any atom is 0.137 e. The Morgan fingerprint density at radius 3 is 3.00 bits per heavy atom. The minimum Gasteiger partial charge on any atom is -0.507 e. The smallest absolute Gasteiger partial charge is 0.137 e. The number of benzene rings is 1. The van der Waals surface area contributed by atoms with E-state index < -0.39 is 0 Å².